The molecule has 15 heavy (non-hydrogen) atoms. The van der Waals surface area contributed by atoms with Crippen molar-refractivity contribution in [2.75, 3.05) is 5.73 Å². The first-order valence-electron chi connectivity index (χ1n) is 4.44. The summed E-state index contributed by atoms with van der Waals surface area (Å²) in [4.78, 5) is 10.9. The maximum absolute atomic E-state index is 10.9. The van der Waals surface area contributed by atoms with E-state index < -0.39 is 0 Å². The largest absolute Gasteiger partial charge is 0.398 e. The van der Waals surface area contributed by atoms with Gasteiger partial charge in [-0.1, -0.05) is 24.3 Å². The molecule has 0 aromatic heterocycles. The SMILES string of the molecule is N#Cc1cc(N)c(C=O)c2ccccc12. The zero-order valence-electron chi connectivity index (χ0n) is 7.90. The Bertz CT molecular complexity index is 582. The first kappa shape index (κ1) is 9.22. The molecule has 3 heteroatoms. The Kier molecular flexibility index (Phi) is 2.11. The first-order valence-corrected chi connectivity index (χ1v) is 4.44. The number of nitrogen functional groups attached to an aromatic ring is 1. The minimum atomic E-state index is 0.347. The van der Waals surface area contributed by atoms with Gasteiger partial charge < -0.3 is 5.73 Å². The molecule has 72 valence electrons. The number of nitrogens with zero attached hydrogens (tertiary/aromatic N) is 1. The minimum absolute atomic E-state index is 0.347. The van der Waals surface area contributed by atoms with Gasteiger partial charge in [0.2, 0.25) is 0 Å². The summed E-state index contributed by atoms with van der Waals surface area (Å²) in [5, 5.41) is 10.4. The molecule has 0 amide bonds. The van der Waals surface area contributed by atoms with Crippen LogP contribution in [0.1, 0.15) is 15.9 Å². The quantitative estimate of drug-likeness (QED) is 0.561. The molecule has 2 aromatic carbocycles. The summed E-state index contributed by atoms with van der Waals surface area (Å²) in [6, 6.07) is 10.8. The molecular formula is C12H8N2O. The number of aldehydes is 1. The number of nitrogens with two attached hydrogens (primary N) is 1. The molecule has 0 aliphatic carbocycles. The van der Waals surface area contributed by atoms with E-state index in [4.69, 9.17) is 11.0 Å². The monoisotopic (exact) mass is 196 g/mol. The lowest BCUT2D eigenvalue weighted by Gasteiger charge is -2.05. The lowest BCUT2D eigenvalue weighted by molar-refractivity contribution is 0.112. The Morgan fingerprint density at radius 2 is 1.93 bits per heavy atom. The van der Waals surface area contributed by atoms with E-state index >= 15 is 0 Å². The average molecular weight is 196 g/mol. The molecule has 0 radical (unpaired) electrons. The predicted molar refractivity (Wildman–Crippen MR) is 58.5 cm³/mol. The van der Waals surface area contributed by atoms with E-state index in [2.05, 4.69) is 6.07 Å². The summed E-state index contributed by atoms with van der Waals surface area (Å²) < 4.78 is 0. The summed E-state index contributed by atoms with van der Waals surface area (Å²) in [7, 11) is 0. The van der Waals surface area contributed by atoms with E-state index in [0.29, 0.717) is 16.8 Å². The van der Waals surface area contributed by atoms with Crippen LogP contribution in [0.15, 0.2) is 30.3 Å². The van der Waals surface area contributed by atoms with Gasteiger partial charge in [0.15, 0.2) is 6.29 Å². The van der Waals surface area contributed by atoms with Gasteiger partial charge in [-0.05, 0) is 11.5 Å². The Morgan fingerprint density at radius 3 is 2.53 bits per heavy atom. The molecule has 2 rings (SSSR count). The maximum atomic E-state index is 10.9. The average Bonchev–Trinajstić information content (AvgIpc) is 2.28. The fourth-order valence-electron chi connectivity index (χ4n) is 1.64. The highest BCUT2D eigenvalue weighted by Crippen LogP contribution is 2.26. The summed E-state index contributed by atoms with van der Waals surface area (Å²) >= 11 is 0. The molecule has 3 nitrogen and oxygen atoms in total. The fourth-order valence-corrected chi connectivity index (χ4v) is 1.64. The Hall–Kier alpha value is -2.34. The molecule has 0 saturated heterocycles. The van der Waals surface area contributed by atoms with Gasteiger partial charge in [-0.15, -0.1) is 0 Å². The molecule has 0 fully saturated rings. The van der Waals surface area contributed by atoms with Crippen LogP contribution in [-0.2, 0) is 0 Å². The van der Waals surface area contributed by atoms with Crippen LogP contribution < -0.4 is 5.73 Å². The van der Waals surface area contributed by atoms with E-state index in [1.807, 2.05) is 12.1 Å². The van der Waals surface area contributed by atoms with Crippen molar-refractivity contribution in [2.45, 2.75) is 0 Å². The number of hydrogen-bond donors (Lipinski definition) is 1. The van der Waals surface area contributed by atoms with Gasteiger partial charge >= 0.3 is 0 Å². The minimum Gasteiger partial charge on any atom is -0.398 e. The second-order valence-electron chi connectivity index (χ2n) is 3.20. The van der Waals surface area contributed by atoms with Crippen molar-refractivity contribution in [3.05, 3.63) is 41.5 Å². The molecule has 0 heterocycles. The Morgan fingerprint density at radius 1 is 1.27 bits per heavy atom. The molecule has 0 aliphatic heterocycles. The summed E-state index contributed by atoms with van der Waals surface area (Å²) in [6.45, 7) is 0. The molecule has 0 aliphatic rings. The molecule has 0 atom stereocenters. The number of carbonyl (C=O) groups is 1. The van der Waals surface area contributed by atoms with Gasteiger partial charge in [-0.2, -0.15) is 5.26 Å². The third-order valence-corrected chi connectivity index (χ3v) is 2.36. The normalized spacial score (nSPS) is 9.80. The van der Waals surface area contributed by atoms with Crippen molar-refractivity contribution < 1.29 is 4.79 Å². The zero-order valence-corrected chi connectivity index (χ0v) is 7.90. The van der Waals surface area contributed by atoms with E-state index in [0.717, 1.165) is 17.1 Å². The summed E-state index contributed by atoms with van der Waals surface area (Å²) in [5.74, 6) is 0. The highest BCUT2D eigenvalue weighted by molar-refractivity contribution is 6.05. The number of carbonyl (C=O) groups excluding carboxylic acids is 1. The van der Waals surface area contributed by atoms with Crippen molar-refractivity contribution in [1.29, 1.82) is 5.26 Å². The standard InChI is InChI=1S/C12H8N2O/c13-6-8-5-12(14)11(7-15)10-4-2-1-3-9(8)10/h1-5,7H,14H2. The van der Waals surface area contributed by atoms with Crippen LogP contribution in [0.2, 0.25) is 0 Å². The number of benzene rings is 2. The highest BCUT2D eigenvalue weighted by atomic mass is 16.1. The van der Waals surface area contributed by atoms with E-state index in [9.17, 15) is 4.79 Å². The van der Waals surface area contributed by atoms with Gasteiger partial charge in [0.05, 0.1) is 11.6 Å². The third-order valence-electron chi connectivity index (χ3n) is 2.36. The lowest BCUT2D eigenvalue weighted by atomic mass is 9.99. The van der Waals surface area contributed by atoms with E-state index in [-0.39, 0.29) is 0 Å². The van der Waals surface area contributed by atoms with E-state index in [1.54, 1.807) is 12.1 Å². The first-order chi connectivity index (χ1) is 7.27. The van der Waals surface area contributed by atoms with Crippen LogP contribution in [0.3, 0.4) is 0 Å². The second kappa shape index (κ2) is 3.43. The highest BCUT2D eigenvalue weighted by Gasteiger charge is 2.08. The van der Waals surface area contributed by atoms with Crippen molar-refractivity contribution in [3.63, 3.8) is 0 Å². The van der Waals surface area contributed by atoms with Crippen LogP contribution in [0.5, 0.6) is 0 Å². The van der Waals surface area contributed by atoms with Crippen LogP contribution >= 0.6 is 0 Å². The smallest absolute Gasteiger partial charge is 0.152 e. The van der Waals surface area contributed by atoms with Crippen molar-refractivity contribution in [3.8, 4) is 6.07 Å². The molecule has 2 aromatic rings. The number of nitriles is 1. The molecule has 2 N–H and O–H groups in total. The molecular weight excluding hydrogens is 188 g/mol. The van der Waals surface area contributed by atoms with Gasteiger partial charge in [0.1, 0.15) is 0 Å². The number of fused-ring (bicyclic) bond motifs is 1. The van der Waals surface area contributed by atoms with Crippen molar-refractivity contribution in [1.82, 2.24) is 0 Å². The van der Waals surface area contributed by atoms with Gasteiger partial charge in [0.25, 0.3) is 0 Å². The van der Waals surface area contributed by atoms with Crippen LogP contribution in [0.4, 0.5) is 5.69 Å². The van der Waals surface area contributed by atoms with E-state index in [1.165, 1.54) is 6.07 Å². The second-order valence-corrected chi connectivity index (χ2v) is 3.20. The number of rotatable bonds is 1. The maximum Gasteiger partial charge on any atom is 0.152 e. The summed E-state index contributed by atoms with van der Waals surface area (Å²) in [5.41, 5.74) is 6.98. The van der Waals surface area contributed by atoms with Crippen LogP contribution in [0.25, 0.3) is 10.8 Å². The van der Waals surface area contributed by atoms with Gasteiger partial charge in [-0.25, -0.2) is 0 Å². The van der Waals surface area contributed by atoms with Crippen LogP contribution in [-0.4, -0.2) is 6.29 Å². The summed E-state index contributed by atoms with van der Waals surface area (Å²) in [6.07, 6.45) is 0.721. The topological polar surface area (TPSA) is 66.9 Å². The third kappa shape index (κ3) is 1.32. The van der Waals surface area contributed by atoms with Gasteiger partial charge in [-0.3, -0.25) is 4.79 Å². The fraction of sp³-hybridized carbons (Fsp3) is 0. The van der Waals surface area contributed by atoms with Gasteiger partial charge in [0, 0.05) is 16.6 Å². The molecule has 0 spiro atoms. The van der Waals surface area contributed by atoms with Crippen LogP contribution in [0, 0.1) is 11.3 Å². The number of anilines is 1. The molecule has 0 bridgehead atoms. The Balaban J connectivity index is 3.00. The zero-order chi connectivity index (χ0) is 10.8. The lowest BCUT2D eigenvalue weighted by Crippen LogP contribution is -1.96. The predicted octanol–water partition coefficient (Wildman–Crippen LogP) is 2.11. The number of hydrogen-bond acceptors (Lipinski definition) is 3. The van der Waals surface area contributed by atoms with Crippen molar-refractivity contribution in [2.24, 2.45) is 0 Å². The molecule has 0 saturated carbocycles. The molecule has 0 unspecified atom stereocenters. The Labute approximate surface area is 86.7 Å². The van der Waals surface area contributed by atoms with Crippen molar-refractivity contribution >= 4 is 22.7 Å².